The lowest BCUT2D eigenvalue weighted by molar-refractivity contribution is -0.128. The molecule has 0 radical (unpaired) electrons. The predicted molar refractivity (Wildman–Crippen MR) is 76.6 cm³/mol. The standard InChI is InChI=1S/C15H18FN3O3/c16-12-4-2-1-3-11(12)13-14(20)17-5-6-19(13)15(21)18-7-9-22-10-8-18/h1-4,13H,5-10H2,(H,17,20). The Balaban J connectivity index is 1.88. The summed E-state index contributed by atoms with van der Waals surface area (Å²) in [5, 5.41) is 2.70. The van der Waals surface area contributed by atoms with Crippen molar-refractivity contribution >= 4 is 11.9 Å². The van der Waals surface area contributed by atoms with Crippen LogP contribution in [0.15, 0.2) is 24.3 Å². The second kappa shape index (κ2) is 6.31. The van der Waals surface area contributed by atoms with E-state index in [0.29, 0.717) is 39.4 Å². The number of rotatable bonds is 1. The molecule has 6 nitrogen and oxygen atoms in total. The van der Waals surface area contributed by atoms with Gasteiger partial charge in [0, 0.05) is 31.7 Å². The zero-order chi connectivity index (χ0) is 15.5. The molecule has 22 heavy (non-hydrogen) atoms. The van der Waals surface area contributed by atoms with Gasteiger partial charge in [-0.05, 0) is 6.07 Å². The fourth-order valence-corrected chi connectivity index (χ4v) is 2.82. The number of benzene rings is 1. The third-order valence-electron chi connectivity index (χ3n) is 3.94. The van der Waals surface area contributed by atoms with Crippen LogP contribution in [0.25, 0.3) is 0 Å². The van der Waals surface area contributed by atoms with Crippen LogP contribution in [0.2, 0.25) is 0 Å². The van der Waals surface area contributed by atoms with Gasteiger partial charge < -0.3 is 19.9 Å². The number of morpholine rings is 1. The van der Waals surface area contributed by atoms with Gasteiger partial charge in [0.1, 0.15) is 11.9 Å². The fraction of sp³-hybridized carbons (Fsp3) is 0.467. The molecule has 1 aromatic carbocycles. The van der Waals surface area contributed by atoms with Crippen LogP contribution in [-0.4, -0.2) is 61.1 Å². The van der Waals surface area contributed by atoms with Crippen molar-refractivity contribution in [1.29, 1.82) is 0 Å². The van der Waals surface area contributed by atoms with Gasteiger partial charge in [-0.2, -0.15) is 0 Å². The first kappa shape index (κ1) is 14.8. The highest BCUT2D eigenvalue weighted by molar-refractivity contribution is 5.89. The van der Waals surface area contributed by atoms with Gasteiger partial charge in [0.15, 0.2) is 0 Å². The van der Waals surface area contributed by atoms with Crippen molar-refractivity contribution in [3.8, 4) is 0 Å². The number of ether oxygens (including phenoxy) is 1. The maximum absolute atomic E-state index is 14.1. The second-order valence-electron chi connectivity index (χ2n) is 5.29. The Morgan fingerprint density at radius 2 is 1.95 bits per heavy atom. The van der Waals surface area contributed by atoms with Crippen LogP contribution < -0.4 is 5.32 Å². The first-order valence-electron chi connectivity index (χ1n) is 7.34. The van der Waals surface area contributed by atoms with Crippen molar-refractivity contribution < 1.29 is 18.7 Å². The van der Waals surface area contributed by atoms with Gasteiger partial charge in [-0.1, -0.05) is 18.2 Å². The van der Waals surface area contributed by atoms with Crippen molar-refractivity contribution in [2.75, 3.05) is 39.4 Å². The Morgan fingerprint density at radius 3 is 2.68 bits per heavy atom. The number of carbonyl (C=O) groups is 2. The van der Waals surface area contributed by atoms with Gasteiger partial charge in [-0.25, -0.2) is 9.18 Å². The molecular weight excluding hydrogens is 289 g/mol. The molecule has 3 rings (SSSR count). The Labute approximate surface area is 127 Å². The van der Waals surface area contributed by atoms with Crippen molar-refractivity contribution in [3.63, 3.8) is 0 Å². The Kier molecular flexibility index (Phi) is 4.24. The molecule has 0 aliphatic carbocycles. The molecule has 7 heteroatoms. The highest BCUT2D eigenvalue weighted by Gasteiger charge is 2.38. The zero-order valence-corrected chi connectivity index (χ0v) is 12.1. The Bertz CT molecular complexity index is 575. The van der Waals surface area contributed by atoms with Crippen molar-refractivity contribution in [2.45, 2.75) is 6.04 Å². The maximum atomic E-state index is 14.1. The number of nitrogens with zero attached hydrogens (tertiary/aromatic N) is 2. The first-order valence-corrected chi connectivity index (χ1v) is 7.34. The summed E-state index contributed by atoms with van der Waals surface area (Å²) in [7, 11) is 0. The van der Waals surface area contributed by atoms with Crippen molar-refractivity contribution in [1.82, 2.24) is 15.1 Å². The molecule has 118 valence electrons. The maximum Gasteiger partial charge on any atom is 0.321 e. The monoisotopic (exact) mass is 307 g/mol. The summed E-state index contributed by atoms with van der Waals surface area (Å²) >= 11 is 0. The second-order valence-corrected chi connectivity index (χ2v) is 5.29. The number of urea groups is 1. The molecule has 1 N–H and O–H groups in total. The Hall–Kier alpha value is -2.15. The number of piperazine rings is 1. The third-order valence-corrected chi connectivity index (χ3v) is 3.94. The van der Waals surface area contributed by atoms with Gasteiger partial charge in [-0.3, -0.25) is 4.79 Å². The molecule has 2 heterocycles. The van der Waals surface area contributed by atoms with Crippen LogP contribution >= 0.6 is 0 Å². The summed E-state index contributed by atoms with van der Waals surface area (Å²) in [5.41, 5.74) is 0.223. The molecule has 2 saturated heterocycles. The number of hydrogen-bond donors (Lipinski definition) is 1. The molecule has 2 aliphatic heterocycles. The lowest BCUT2D eigenvalue weighted by Crippen LogP contribution is -2.57. The van der Waals surface area contributed by atoms with E-state index in [9.17, 15) is 14.0 Å². The van der Waals surface area contributed by atoms with E-state index in [1.165, 1.54) is 11.0 Å². The quantitative estimate of drug-likeness (QED) is 0.833. The SMILES string of the molecule is O=C1NCCN(C(=O)N2CCOCC2)C1c1ccccc1F. The predicted octanol–water partition coefficient (Wildman–Crippen LogP) is 0.751. The lowest BCUT2D eigenvalue weighted by atomic mass is 10.0. The molecule has 0 spiro atoms. The van der Waals surface area contributed by atoms with Crippen molar-refractivity contribution in [3.05, 3.63) is 35.6 Å². The van der Waals surface area contributed by atoms with E-state index >= 15 is 0 Å². The van der Waals surface area contributed by atoms with Gasteiger partial charge in [0.2, 0.25) is 5.91 Å². The minimum Gasteiger partial charge on any atom is -0.378 e. The average Bonchev–Trinajstić information content (AvgIpc) is 2.56. The molecule has 1 atom stereocenters. The topological polar surface area (TPSA) is 61.9 Å². The molecule has 1 unspecified atom stereocenters. The van der Waals surface area contributed by atoms with Crippen LogP contribution in [0.1, 0.15) is 11.6 Å². The number of amides is 3. The summed E-state index contributed by atoms with van der Waals surface area (Å²) in [6.07, 6.45) is 0. The van der Waals surface area contributed by atoms with E-state index in [1.807, 2.05) is 0 Å². The highest BCUT2D eigenvalue weighted by atomic mass is 19.1. The molecule has 2 aliphatic rings. The molecule has 2 fully saturated rings. The molecule has 0 aromatic heterocycles. The van der Waals surface area contributed by atoms with E-state index in [0.717, 1.165) is 0 Å². The minimum atomic E-state index is -0.926. The van der Waals surface area contributed by atoms with E-state index < -0.39 is 11.9 Å². The summed E-state index contributed by atoms with van der Waals surface area (Å²) in [4.78, 5) is 28.0. The average molecular weight is 307 g/mol. The number of halogens is 1. The van der Waals surface area contributed by atoms with E-state index in [4.69, 9.17) is 4.74 Å². The largest absolute Gasteiger partial charge is 0.378 e. The molecule has 1 aromatic rings. The molecule has 3 amide bonds. The fourth-order valence-electron chi connectivity index (χ4n) is 2.82. The molecule has 0 saturated carbocycles. The number of hydrogen-bond acceptors (Lipinski definition) is 3. The van der Waals surface area contributed by atoms with Crippen molar-refractivity contribution in [2.24, 2.45) is 0 Å². The van der Waals surface area contributed by atoms with Gasteiger partial charge in [0.05, 0.1) is 13.2 Å². The van der Waals surface area contributed by atoms with E-state index in [-0.39, 0.29) is 17.5 Å². The molecule has 0 bridgehead atoms. The van der Waals surface area contributed by atoms with E-state index in [1.54, 1.807) is 23.1 Å². The number of nitrogens with one attached hydrogen (secondary N) is 1. The normalized spacial score (nSPS) is 22.4. The number of carbonyl (C=O) groups excluding carboxylic acids is 2. The van der Waals surface area contributed by atoms with E-state index in [2.05, 4.69) is 5.32 Å². The van der Waals surface area contributed by atoms with Crippen LogP contribution in [0.3, 0.4) is 0 Å². The zero-order valence-electron chi connectivity index (χ0n) is 12.1. The van der Waals surface area contributed by atoms with Crippen LogP contribution in [0.4, 0.5) is 9.18 Å². The summed E-state index contributed by atoms with van der Waals surface area (Å²) < 4.78 is 19.3. The third kappa shape index (κ3) is 2.76. The summed E-state index contributed by atoms with van der Waals surface area (Å²) in [6.45, 7) is 2.68. The highest BCUT2D eigenvalue weighted by Crippen LogP contribution is 2.26. The van der Waals surface area contributed by atoms with Gasteiger partial charge >= 0.3 is 6.03 Å². The lowest BCUT2D eigenvalue weighted by Gasteiger charge is -2.39. The van der Waals surface area contributed by atoms with Crippen LogP contribution in [0.5, 0.6) is 0 Å². The van der Waals surface area contributed by atoms with Crippen LogP contribution in [-0.2, 0) is 9.53 Å². The summed E-state index contributed by atoms with van der Waals surface area (Å²) in [5.74, 6) is -0.831. The minimum absolute atomic E-state index is 0.223. The Morgan fingerprint density at radius 1 is 1.23 bits per heavy atom. The summed E-state index contributed by atoms with van der Waals surface area (Å²) in [6, 6.07) is 4.90. The smallest absolute Gasteiger partial charge is 0.321 e. The van der Waals surface area contributed by atoms with Gasteiger partial charge in [0.25, 0.3) is 0 Å². The van der Waals surface area contributed by atoms with Gasteiger partial charge in [-0.15, -0.1) is 0 Å². The molecular formula is C15H18FN3O3. The first-order chi connectivity index (χ1) is 10.7. The van der Waals surface area contributed by atoms with Crippen LogP contribution in [0, 0.1) is 5.82 Å².